The normalized spacial score (nSPS) is 9.31. The third-order valence-corrected chi connectivity index (χ3v) is 1.68. The van der Waals surface area contributed by atoms with Crippen LogP contribution in [0.4, 0.5) is 4.39 Å². The summed E-state index contributed by atoms with van der Waals surface area (Å²) in [5, 5.41) is 0.909. The Kier molecular flexibility index (Phi) is 1.93. The second-order valence-electron chi connectivity index (χ2n) is 2.52. The van der Waals surface area contributed by atoms with Crippen molar-refractivity contribution in [2.24, 2.45) is 0 Å². The maximum atomic E-state index is 11.7. The van der Waals surface area contributed by atoms with Crippen LogP contribution >= 0.6 is 0 Å². The fraction of sp³-hybridized carbons (Fsp3) is 0. The molecule has 61 valence electrons. The molecule has 0 aliphatic rings. The monoisotopic (exact) mass is 170 g/mol. The van der Waals surface area contributed by atoms with Crippen LogP contribution in [-0.4, -0.2) is 4.98 Å². The van der Waals surface area contributed by atoms with E-state index < -0.39 is 0 Å². The number of benzene rings is 1. The van der Waals surface area contributed by atoms with Crippen LogP contribution in [0.2, 0.25) is 0 Å². The fourth-order valence-corrected chi connectivity index (χ4v) is 1.11. The van der Waals surface area contributed by atoms with Gasteiger partial charge in [0.15, 0.2) is 0 Å². The first kappa shape index (κ1) is 7.75. The highest BCUT2D eigenvalue weighted by atomic mass is 19.1. The highest BCUT2D eigenvalue weighted by Crippen LogP contribution is 2.10. The van der Waals surface area contributed by atoms with Gasteiger partial charge in [0.05, 0.1) is 5.52 Å². The van der Waals surface area contributed by atoms with Gasteiger partial charge in [-0.05, 0) is 24.1 Å². The highest BCUT2D eigenvalue weighted by molar-refractivity contribution is 5.78. The van der Waals surface area contributed by atoms with Gasteiger partial charge in [0.25, 0.3) is 0 Å². The summed E-state index contributed by atoms with van der Waals surface area (Å²) in [6.45, 7) is 0. The number of aromatic nitrogens is 1. The van der Waals surface area contributed by atoms with Crippen molar-refractivity contribution in [2.45, 2.75) is 0 Å². The van der Waals surface area contributed by atoms with Crippen LogP contribution in [0, 0.1) is 18.2 Å². The molecule has 0 aliphatic carbocycles. The summed E-state index contributed by atoms with van der Waals surface area (Å²) in [5.74, 6) is 2.24. The van der Waals surface area contributed by atoms with Crippen molar-refractivity contribution in [3.8, 4) is 12.1 Å². The molecule has 0 saturated carbocycles. The molecule has 0 aliphatic heterocycles. The molecular formula is C11H5FN. The molecule has 2 aromatic rings. The number of halogens is 1. The molecule has 0 spiro atoms. The molecule has 0 fully saturated rings. The van der Waals surface area contributed by atoms with Gasteiger partial charge in [-0.25, -0.2) is 4.98 Å². The molecule has 0 atom stereocenters. The van der Waals surface area contributed by atoms with Gasteiger partial charge in [0, 0.05) is 5.39 Å². The second kappa shape index (κ2) is 3.24. The summed E-state index contributed by atoms with van der Waals surface area (Å²) in [7, 11) is 0. The van der Waals surface area contributed by atoms with E-state index in [1.54, 1.807) is 6.07 Å². The van der Waals surface area contributed by atoms with Gasteiger partial charge in [0.2, 0.25) is 0 Å². The second-order valence-corrected chi connectivity index (χ2v) is 2.52. The van der Waals surface area contributed by atoms with E-state index in [9.17, 15) is 4.39 Å². The number of pyridine rings is 1. The quantitative estimate of drug-likeness (QED) is 0.553. The molecular weight excluding hydrogens is 165 g/mol. The molecule has 0 N–H and O–H groups in total. The average Bonchev–Trinajstić information content (AvgIpc) is 2.18. The maximum absolute atomic E-state index is 11.7. The molecule has 0 amide bonds. The van der Waals surface area contributed by atoms with E-state index in [2.05, 4.69) is 17.0 Å². The van der Waals surface area contributed by atoms with E-state index in [-0.39, 0.29) is 0 Å². The Morgan fingerprint density at radius 2 is 2.15 bits per heavy atom. The number of hydrogen-bond donors (Lipinski definition) is 0. The summed E-state index contributed by atoms with van der Waals surface area (Å²) >= 11 is 0. The first-order valence-electron chi connectivity index (χ1n) is 3.79. The minimum Gasteiger partial charge on any atom is -0.239 e. The Bertz CT molecular complexity index is 494. The summed E-state index contributed by atoms with van der Waals surface area (Å²) in [6.07, 6.45) is 1.32. The molecule has 1 aromatic heterocycles. The maximum Gasteiger partial charge on any atom is 0.117 e. The lowest BCUT2D eigenvalue weighted by atomic mass is 10.2. The zero-order chi connectivity index (χ0) is 9.10. The number of hydrogen-bond acceptors (Lipinski definition) is 1. The molecule has 1 aromatic carbocycles. The van der Waals surface area contributed by atoms with E-state index in [1.807, 2.05) is 24.3 Å². The minimum absolute atomic E-state index is 0.404. The fourth-order valence-electron chi connectivity index (χ4n) is 1.11. The van der Waals surface area contributed by atoms with Crippen LogP contribution in [0.3, 0.4) is 0 Å². The largest absolute Gasteiger partial charge is 0.239 e. The van der Waals surface area contributed by atoms with Gasteiger partial charge in [-0.15, -0.1) is 4.39 Å². The van der Waals surface area contributed by atoms with Gasteiger partial charge >= 0.3 is 0 Å². The molecule has 0 bridgehead atoms. The lowest BCUT2D eigenvalue weighted by molar-refractivity contribution is 0.773. The van der Waals surface area contributed by atoms with Crippen LogP contribution in [0.15, 0.2) is 30.3 Å². The Morgan fingerprint density at radius 1 is 1.31 bits per heavy atom. The molecule has 2 heteroatoms. The third kappa shape index (κ3) is 1.50. The van der Waals surface area contributed by atoms with Crippen LogP contribution in [0.1, 0.15) is 5.69 Å². The predicted octanol–water partition coefficient (Wildman–Crippen LogP) is 2.31. The molecule has 0 saturated heterocycles. The SMILES string of the molecule is FC#Cc1c[c]c2ccccc2n1. The van der Waals surface area contributed by atoms with E-state index >= 15 is 0 Å². The molecule has 1 radical (unpaired) electrons. The van der Waals surface area contributed by atoms with Crippen molar-refractivity contribution in [2.75, 3.05) is 0 Å². The lowest BCUT2D eigenvalue weighted by Crippen LogP contribution is -1.83. The number of fused-ring (bicyclic) bond motifs is 1. The first-order valence-corrected chi connectivity index (χ1v) is 3.79. The zero-order valence-corrected chi connectivity index (χ0v) is 6.71. The average molecular weight is 170 g/mol. The Balaban J connectivity index is 2.66. The number of rotatable bonds is 0. The van der Waals surface area contributed by atoms with E-state index in [0.29, 0.717) is 5.69 Å². The van der Waals surface area contributed by atoms with E-state index in [4.69, 9.17) is 0 Å². The number of nitrogens with zero attached hydrogens (tertiary/aromatic N) is 1. The molecule has 0 unspecified atom stereocenters. The highest BCUT2D eigenvalue weighted by Gasteiger charge is 1.94. The van der Waals surface area contributed by atoms with Crippen molar-refractivity contribution in [3.63, 3.8) is 0 Å². The number of para-hydroxylation sites is 1. The summed E-state index contributed by atoms with van der Waals surface area (Å²) in [6, 6.07) is 12.1. The van der Waals surface area contributed by atoms with Crippen LogP contribution < -0.4 is 0 Å². The smallest absolute Gasteiger partial charge is 0.117 e. The topological polar surface area (TPSA) is 12.9 Å². The lowest BCUT2D eigenvalue weighted by Gasteiger charge is -1.94. The molecule has 1 nitrogen and oxygen atoms in total. The van der Waals surface area contributed by atoms with E-state index in [1.165, 1.54) is 6.17 Å². The van der Waals surface area contributed by atoms with Crippen LogP contribution in [0.25, 0.3) is 10.9 Å². The van der Waals surface area contributed by atoms with Gasteiger partial charge in [-0.2, -0.15) is 0 Å². The standard InChI is InChI=1S/C11H5FN/c12-8-7-10-6-5-9-3-1-2-4-11(9)13-10/h1-4,6H. The zero-order valence-electron chi connectivity index (χ0n) is 6.71. The first-order chi connectivity index (χ1) is 6.40. The Morgan fingerprint density at radius 3 is 3.00 bits per heavy atom. The van der Waals surface area contributed by atoms with Gasteiger partial charge in [0.1, 0.15) is 11.9 Å². The summed E-state index contributed by atoms with van der Waals surface area (Å²) < 4.78 is 11.7. The Hall–Kier alpha value is -1.88. The van der Waals surface area contributed by atoms with Crippen LogP contribution in [0.5, 0.6) is 0 Å². The van der Waals surface area contributed by atoms with E-state index in [0.717, 1.165) is 10.9 Å². The van der Waals surface area contributed by atoms with Crippen molar-refractivity contribution >= 4 is 10.9 Å². The molecule has 13 heavy (non-hydrogen) atoms. The van der Waals surface area contributed by atoms with Crippen LogP contribution in [-0.2, 0) is 0 Å². The summed E-state index contributed by atoms with van der Waals surface area (Å²) in [4.78, 5) is 4.12. The van der Waals surface area contributed by atoms with Crippen molar-refractivity contribution in [1.82, 2.24) is 4.98 Å². The third-order valence-electron chi connectivity index (χ3n) is 1.68. The molecule has 1 heterocycles. The van der Waals surface area contributed by atoms with Crippen molar-refractivity contribution in [1.29, 1.82) is 0 Å². The minimum atomic E-state index is 0.404. The predicted molar refractivity (Wildman–Crippen MR) is 48.6 cm³/mol. The Labute approximate surface area is 75.2 Å². The van der Waals surface area contributed by atoms with Gasteiger partial charge in [-0.3, -0.25) is 0 Å². The summed E-state index contributed by atoms with van der Waals surface area (Å²) in [5.41, 5.74) is 1.18. The van der Waals surface area contributed by atoms with Gasteiger partial charge < -0.3 is 0 Å². The molecule has 2 rings (SSSR count). The van der Waals surface area contributed by atoms with Crippen molar-refractivity contribution < 1.29 is 4.39 Å². The van der Waals surface area contributed by atoms with Gasteiger partial charge in [-0.1, -0.05) is 18.2 Å². The van der Waals surface area contributed by atoms with Crippen molar-refractivity contribution in [3.05, 3.63) is 42.1 Å².